The minimum Gasteiger partial charge on any atom is -0.497 e. The van der Waals surface area contributed by atoms with Crippen molar-refractivity contribution in [1.29, 1.82) is 0 Å². The molecule has 0 aromatic heterocycles. The molecule has 0 spiro atoms. The topological polar surface area (TPSA) is 35.5 Å². The lowest BCUT2D eigenvalue weighted by atomic mass is 9.55. The molecule has 0 heterocycles. The van der Waals surface area contributed by atoms with Gasteiger partial charge >= 0.3 is 5.97 Å². The zero-order valence-corrected chi connectivity index (χ0v) is 14.7. The number of aryl methyl sites for hydroxylation is 1. The molecule has 3 nitrogen and oxygen atoms in total. The first kappa shape index (κ1) is 15.7. The molecule has 0 saturated heterocycles. The smallest absolute Gasteiger partial charge is 0.303 e. The Morgan fingerprint density at radius 3 is 2.83 bits per heavy atom. The molecule has 0 unspecified atom stereocenters. The zero-order chi connectivity index (χ0) is 16.9. The number of benzene rings is 1. The number of fused-ring (bicyclic) bond motifs is 5. The minimum atomic E-state index is -0.172. The summed E-state index contributed by atoms with van der Waals surface area (Å²) in [6, 6.07) is 6.59. The molecule has 24 heavy (non-hydrogen) atoms. The Morgan fingerprint density at radius 1 is 1.25 bits per heavy atom. The summed E-state index contributed by atoms with van der Waals surface area (Å²) in [5.74, 6) is 2.58. The maximum atomic E-state index is 11.5. The first-order valence-electron chi connectivity index (χ1n) is 9.05. The summed E-state index contributed by atoms with van der Waals surface area (Å²) < 4.78 is 11.0. The Labute approximate surface area is 144 Å². The van der Waals surface area contributed by atoms with Crippen molar-refractivity contribution in [3.05, 3.63) is 41.5 Å². The van der Waals surface area contributed by atoms with E-state index in [0.717, 1.165) is 18.6 Å². The Morgan fingerprint density at radius 2 is 2.08 bits per heavy atom. The average Bonchev–Trinajstić information content (AvgIpc) is 2.90. The number of hydrogen-bond donors (Lipinski definition) is 0. The fourth-order valence-electron chi connectivity index (χ4n) is 5.45. The number of esters is 1. The monoisotopic (exact) mass is 326 g/mol. The first-order valence-corrected chi connectivity index (χ1v) is 9.05. The van der Waals surface area contributed by atoms with Gasteiger partial charge in [-0.2, -0.15) is 0 Å². The Balaban J connectivity index is 1.63. The van der Waals surface area contributed by atoms with Crippen molar-refractivity contribution in [1.82, 2.24) is 0 Å². The van der Waals surface area contributed by atoms with Gasteiger partial charge in [0.1, 0.15) is 11.9 Å². The van der Waals surface area contributed by atoms with Crippen molar-refractivity contribution < 1.29 is 14.3 Å². The van der Waals surface area contributed by atoms with Crippen LogP contribution in [0.15, 0.2) is 30.4 Å². The predicted octanol–water partition coefficient (Wildman–Crippen LogP) is 4.26. The van der Waals surface area contributed by atoms with Gasteiger partial charge in [0.2, 0.25) is 0 Å². The Kier molecular flexibility index (Phi) is 3.70. The number of ether oxygens (including phenoxy) is 2. The summed E-state index contributed by atoms with van der Waals surface area (Å²) in [6.45, 7) is 3.82. The number of carbonyl (C=O) groups is 1. The third-order valence-electron chi connectivity index (χ3n) is 6.67. The molecule has 4 rings (SSSR count). The summed E-state index contributed by atoms with van der Waals surface area (Å²) in [6.07, 6.45) is 9.02. The van der Waals surface area contributed by atoms with Gasteiger partial charge in [-0.25, -0.2) is 0 Å². The third kappa shape index (κ3) is 2.28. The van der Waals surface area contributed by atoms with Gasteiger partial charge in [0.25, 0.3) is 0 Å². The van der Waals surface area contributed by atoms with Crippen LogP contribution in [0.5, 0.6) is 5.75 Å². The van der Waals surface area contributed by atoms with Crippen molar-refractivity contribution in [2.45, 2.75) is 51.6 Å². The normalized spacial score (nSPS) is 36.5. The molecule has 1 saturated carbocycles. The van der Waals surface area contributed by atoms with Crippen LogP contribution in [0.4, 0.5) is 0 Å². The van der Waals surface area contributed by atoms with E-state index in [1.165, 1.54) is 30.9 Å². The van der Waals surface area contributed by atoms with Crippen LogP contribution in [0.1, 0.15) is 50.2 Å². The second-order valence-electron chi connectivity index (χ2n) is 7.86. The van der Waals surface area contributed by atoms with E-state index in [2.05, 4.69) is 37.3 Å². The van der Waals surface area contributed by atoms with E-state index in [-0.39, 0.29) is 17.5 Å². The van der Waals surface area contributed by atoms with Crippen LogP contribution >= 0.6 is 0 Å². The van der Waals surface area contributed by atoms with E-state index in [0.29, 0.717) is 17.8 Å². The van der Waals surface area contributed by atoms with Crippen LogP contribution in [0, 0.1) is 17.3 Å². The molecule has 0 N–H and O–H groups in total. The van der Waals surface area contributed by atoms with Gasteiger partial charge in [0.15, 0.2) is 0 Å². The largest absolute Gasteiger partial charge is 0.497 e. The summed E-state index contributed by atoms with van der Waals surface area (Å²) in [7, 11) is 1.73. The lowest BCUT2D eigenvalue weighted by molar-refractivity contribution is -0.152. The van der Waals surface area contributed by atoms with Gasteiger partial charge in [0.05, 0.1) is 7.11 Å². The molecule has 0 aliphatic heterocycles. The molecule has 1 aromatic carbocycles. The quantitative estimate of drug-likeness (QED) is 0.602. The molecule has 3 aliphatic carbocycles. The second-order valence-corrected chi connectivity index (χ2v) is 7.86. The van der Waals surface area contributed by atoms with Crippen molar-refractivity contribution in [3.8, 4) is 5.75 Å². The molecule has 1 aromatic rings. The van der Waals surface area contributed by atoms with Gasteiger partial charge in [0, 0.05) is 12.3 Å². The highest BCUT2D eigenvalue weighted by atomic mass is 16.5. The maximum Gasteiger partial charge on any atom is 0.303 e. The molecule has 1 fully saturated rings. The molecule has 128 valence electrons. The standard InChI is InChI=1S/C21H26O3/c1-13(22)24-20-9-8-19-18-6-4-14-12-15(23-3)5-7-16(14)17(18)10-11-21(19,20)2/h5,7-9,12,17-20H,4,6,10-11H2,1-3H3/t17-,18-,19+,20-,21+/m1/s1. The second kappa shape index (κ2) is 5.65. The Hall–Kier alpha value is -1.77. The van der Waals surface area contributed by atoms with Crippen LogP contribution in [0.2, 0.25) is 0 Å². The fraction of sp³-hybridized carbons (Fsp3) is 0.571. The lowest BCUT2D eigenvalue weighted by Crippen LogP contribution is -2.45. The highest BCUT2D eigenvalue weighted by molar-refractivity contribution is 5.66. The molecule has 5 atom stereocenters. The lowest BCUT2D eigenvalue weighted by Gasteiger charge is -2.50. The van der Waals surface area contributed by atoms with Gasteiger partial charge < -0.3 is 9.47 Å². The van der Waals surface area contributed by atoms with Gasteiger partial charge in [-0.3, -0.25) is 4.79 Å². The minimum absolute atomic E-state index is 0.0572. The number of methoxy groups -OCH3 is 1. The van der Waals surface area contributed by atoms with E-state index in [4.69, 9.17) is 9.47 Å². The molecular weight excluding hydrogens is 300 g/mol. The van der Waals surface area contributed by atoms with Gasteiger partial charge in [-0.15, -0.1) is 0 Å². The molecular formula is C21H26O3. The van der Waals surface area contributed by atoms with Crippen LogP contribution in [-0.4, -0.2) is 19.2 Å². The van der Waals surface area contributed by atoms with E-state index in [1.54, 1.807) is 7.11 Å². The summed E-state index contributed by atoms with van der Waals surface area (Å²) >= 11 is 0. The highest BCUT2D eigenvalue weighted by Gasteiger charge is 2.53. The van der Waals surface area contributed by atoms with Crippen molar-refractivity contribution in [3.63, 3.8) is 0 Å². The van der Waals surface area contributed by atoms with Crippen molar-refractivity contribution >= 4 is 5.97 Å². The fourth-order valence-corrected chi connectivity index (χ4v) is 5.45. The Bertz CT molecular complexity index is 692. The number of rotatable bonds is 2. The van der Waals surface area contributed by atoms with Crippen molar-refractivity contribution in [2.24, 2.45) is 17.3 Å². The molecule has 3 heteroatoms. The van der Waals surface area contributed by atoms with E-state index in [9.17, 15) is 4.79 Å². The van der Waals surface area contributed by atoms with Crippen LogP contribution in [-0.2, 0) is 16.0 Å². The molecule has 0 amide bonds. The van der Waals surface area contributed by atoms with Crippen LogP contribution in [0.25, 0.3) is 0 Å². The first-order chi connectivity index (χ1) is 11.5. The summed E-state index contributed by atoms with van der Waals surface area (Å²) in [5.41, 5.74) is 3.03. The van der Waals surface area contributed by atoms with Gasteiger partial charge in [-0.1, -0.05) is 19.1 Å². The third-order valence-corrected chi connectivity index (χ3v) is 6.67. The average molecular weight is 326 g/mol. The SMILES string of the molecule is COc1ccc2c(c1)CC[C@@H]1[C@@H]2CC[C@]2(C)[C@H](OC(C)=O)C=C[C@@H]12. The van der Waals surface area contributed by atoms with Crippen molar-refractivity contribution in [2.75, 3.05) is 7.11 Å². The van der Waals surface area contributed by atoms with E-state index in [1.807, 2.05) is 0 Å². The van der Waals surface area contributed by atoms with Gasteiger partial charge in [-0.05, 0) is 72.8 Å². The number of hydrogen-bond acceptors (Lipinski definition) is 3. The molecule has 3 aliphatic rings. The van der Waals surface area contributed by atoms with Crippen LogP contribution in [0.3, 0.4) is 0 Å². The number of allylic oxidation sites excluding steroid dienone is 1. The van der Waals surface area contributed by atoms with E-state index < -0.39 is 0 Å². The summed E-state index contributed by atoms with van der Waals surface area (Å²) in [5, 5.41) is 0. The zero-order valence-electron chi connectivity index (χ0n) is 14.7. The molecule has 0 bridgehead atoms. The maximum absolute atomic E-state index is 11.5. The predicted molar refractivity (Wildman–Crippen MR) is 93.1 cm³/mol. The van der Waals surface area contributed by atoms with Crippen LogP contribution < -0.4 is 4.74 Å². The highest BCUT2D eigenvalue weighted by Crippen LogP contribution is 2.59. The number of carbonyl (C=O) groups excluding carboxylic acids is 1. The summed E-state index contributed by atoms with van der Waals surface area (Å²) in [4.78, 5) is 11.5. The molecule has 0 radical (unpaired) electrons. The van der Waals surface area contributed by atoms with E-state index >= 15 is 0 Å².